The van der Waals surface area contributed by atoms with Crippen molar-refractivity contribution in [2.75, 3.05) is 6.54 Å². The number of fused-ring (bicyclic) bond motifs is 2. The Hall–Kier alpha value is -3.93. The predicted octanol–water partition coefficient (Wildman–Crippen LogP) is 1.00. The molecule has 1 aliphatic heterocycles. The summed E-state index contributed by atoms with van der Waals surface area (Å²) in [6, 6.07) is 4.88. The maximum atomic E-state index is 12.4. The van der Waals surface area contributed by atoms with E-state index in [9.17, 15) is 29.3 Å². The fourth-order valence-electron chi connectivity index (χ4n) is 2.90. The molecule has 1 aliphatic rings. The second kappa shape index (κ2) is 6.91. The lowest BCUT2D eigenvalue weighted by Gasteiger charge is -2.12. The predicted molar refractivity (Wildman–Crippen MR) is 97.6 cm³/mol. The number of ether oxygens (including phenoxy) is 1. The summed E-state index contributed by atoms with van der Waals surface area (Å²) in [5.41, 5.74) is -1.13. The maximum Gasteiger partial charge on any atom is 0.326 e. The highest BCUT2D eigenvalue weighted by Gasteiger charge is 2.41. The van der Waals surface area contributed by atoms with Crippen molar-refractivity contribution in [2.45, 2.75) is 6.61 Å². The molecule has 0 fully saturated rings. The highest BCUT2D eigenvalue weighted by atomic mass is 32.1. The molecule has 11 nitrogen and oxygen atoms in total. The molecule has 0 saturated heterocycles. The molecule has 0 aliphatic carbocycles. The third-order valence-corrected chi connectivity index (χ3v) is 4.95. The number of amides is 2. The number of nitrogens with zero attached hydrogens (tertiary/aromatic N) is 4. The van der Waals surface area contributed by atoms with Gasteiger partial charge in [0, 0.05) is 23.7 Å². The number of carbonyl (C=O) groups is 3. The van der Waals surface area contributed by atoms with Crippen molar-refractivity contribution in [1.29, 1.82) is 0 Å². The molecule has 0 atom stereocenters. The van der Waals surface area contributed by atoms with E-state index in [0.29, 0.717) is 9.86 Å². The van der Waals surface area contributed by atoms with Gasteiger partial charge in [-0.25, -0.2) is 4.98 Å². The van der Waals surface area contributed by atoms with Crippen LogP contribution >= 0.6 is 11.3 Å². The molecule has 0 unspecified atom stereocenters. The van der Waals surface area contributed by atoms with Gasteiger partial charge in [-0.15, -0.1) is 11.3 Å². The maximum absolute atomic E-state index is 12.4. The van der Waals surface area contributed by atoms with Crippen LogP contribution in [-0.2, 0) is 16.1 Å². The molecule has 2 amide bonds. The molecular weight excluding hydrogens is 404 g/mol. The molecule has 0 radical (unpaired) electrons. The van der Waals surface area contributed by atoms with Crippen LogP contribution in [-0.4, -0.2) is 43.5 Å². The van der Waals surface area contributed by atoms with Gasteiger partial charge in [-0.1, -0.05) is 6.07 Å². The molecule has 29 heavy (non-hydrogen) atoms. The summed E-state index contributed by atoms with van der Waals surface area (Å²) < 4.78 is 6.35. The zero-order valence-electron chi connectivity index (χ0n) is 14.4. The van der Waals surface area contributed by atoms with Gasteiger partial charge >= 0.3 is 5.97 Å². The van der Waals surface area contributed by atoms with Crippen LogP contribution in [0.5, 0.6) is 0 Å². The Balaban J connectivity index is 1.48. The first kappa shape index (κ1) is 18.4. The van der Waals surface area contributed by atoms with Crippen molar-refractivity contribution in [1.82, 2.24) is 14.3 Å². The van der Waals surface area contributed by atoms with E-state index < -0.39 is 34.9 Å². The molecule has 12 heteroatoms. The van der Waals surface area contributed by atoms with Gasteiger partial charge in [-0.2, -0.15) is 0 Å². The molecule has 0 N–H and O–H groups in total. The Labute approximate surface area is 164 Å². The van der Waals surface area contributed by atoms with Crippen molar-refractivity contribution < 1.29 is 24.0 Å². The zero-order valence-corrected chi connectivity index (χ0v) is 15.2. The van der Waals surface area contributed by atoms with Gasteiger partial charge in [0.25, 0.3) is 23.1 Å². The molecule has 0 spiro atoms. The molecule has 3 aromatic rings. The number of hydrogen-bond donors (Lipinski definition) is 0. The van der Waals surface area contributed by atoms with Gasteiger partial charge in [0.2, 0.25) is 0 Å². The number of aromatic nitrogens is 2. The van der Waals surface area contributed by atoms with Gasteiger partial charge in [-0.3, -0.25) is 38.6 Å². The lowest BCUT2D eigenvalue weighted by atomic mass is 10.1. The van der Waals surface area contributed by atoms with E-state index in [-0.39, 0.29) is 29.0 Å². The Bertz CT molecular complexity index is 1260. The Morgan fingerprint density at radius 3 is 2.79 bits per heavy atom. The molecular formula is C17H10N4O7S. The van der Waals surface area contributed by atoms with E-state index >= 15 is 0 Å². The Morgan fingerprint density at radius 1 is 1.24 bits per heavy atom. The Morgan fingerprint density at radius 2 is 2.03 bits per heavy atom. The molecule has 146 valence electrons. The minimum atomic E-state index is -0.939. The number of imide groups is 1. The number of rotatable bonds is 5. The van der Waals surface area contributed by atoms with Crippen molar-refractivity contribution in [2.24, 2.45) is 0 Å². The van der Waals surface area contributed by atoms with Gasteiger partial charge in [-0.05, 0) is 6.07 Å². The summed E-state index contributed by atoms with van der Waals surface area (Å²) in [4.78, 5) is 64.4. The first-order chi connectivity index (χ1) is 13.9. The van der Waals surface area contributed by atoms with E-state index in [1.807, 2.05) is 0 Å². The van der Waals surface area contributed by atoms with Crippen LogP contribution in [0.4, 0.5) is 5.69 Å². The van der Waals surface area contributed by atoms with Gasteiger partial charge in [0.15, 0.2) is 4.96 Å². The molecule has 1 aromatic carbocycles. The third-order valence-electron chi connectivity index (χ3n) is 4.20. The number of nitro groups is 1. The van der Waals surface area contributed by atoms with Crippen LogP contribution < -0.4 is 5.56 Å². The summed E-state index contributed by atoms with van der Waals surface area (Å²) in [6.45, 7) is -1.05. The Kier molecular flexibility index (Phi) is 4.39. The molecule has 0 bridgehead atoms. The molecule has 2 aromatic heterocycles. The lowest BCUT2D eigenvalue weighted by Crippen LogP contribution is -2.35. The van der Waals surface area contributed by atoms with E-state index in [1.54, 1.807) is 11.6 Å². The third kappa shape index (κ3) is 3.14. The van der Waals surface area contributed by atoms with Crippen LogP contribution in [0.2, 0.25) is 0 Å². The second-order valence-electron chi connectivity index (χ2n) is 5.96. The summed E-state index contributed by atoms with van der Waals surface area (Å²) in [6.07, 6.45) is 1.56. The minimum Gasteiger partial charge on any atom is -0.458 e. The first-order valence-electron chi connectivity index (χ1n) is 8.12. The van der Waals surface area contributed by atoms with Crippen LogP contribution in [0.3, 0.4) is 0 Å². The normalized spacial score (nSPS) is 13.0. The number of esters is 1. The largest absolute Gasteiger partial charge is 0.458 e. The minimum absolute atomic E-state index is 0.144. The summed E-state index contributed by atoms with van der Waals surface area (Å²) in [7, 11) is 0. The summed E-state index contributed by atoms with van der Waals surface area (Å²) in [5.74, 6) is -2.68. The molecule has 4 rings (SSSR count). The SMILES string of the molecule is O=C(CN1C(=O)c2cccc([N+](=O)[O-])c2C1=O)OCc1cc(=O)n2ccsc2n1. The highest BCUT2D eigenvalue weighted by molar-refractivity contribution is 7.15. The van der Waals surface area contributed by atoms with Crippen LogP contribution in [0, 0.1) is 10.1 Å². The van der Waals surface area contributed by atoms with Gasteiger partial charge in [0.1, 0.15) is 18.7 Å². The first-order valence-corrected chi connectivity index (χ1v) is 9.00. The van der Waals surface area contributed by atoms with E-state index in [2.05, 4.69) is 4.98 Å². The fourth-order valence-corrected chi connectivity index (χ4v) is 3.64. The smallest absolute Gasteiger partial charge is 0.326 e. The second-order valence-corrected chi connectivity index (χ2v) is 6.83. The van der Waals surface area contributed by atoms with Crippen molar-refractivity contribution in [3.63, 3.8) is 0 Å². The average molecular weight is 414 g/mol. The summed E-state index contributed by atoms with van der Waals surface area (Å²) in [5, 5.41) is 12.8. The topological polar surface area (TPSA) is 141 Å². The van der Waals surface area contributed by atoms with Crippen LogP contribution in [0.1, 0.15) is 26.4 Å². The van der Waals surface area contributed by atoms with E-state index in [4.69, 9.17) is 4.74 Å². The number of carbonyl (C=O) groups excluding carboxylic acids is 3. The highest BCUT2D eigenvalue weighted by Crippen LogP contribution is 2.30. The van der Waals surface area contributed by atoms with E-state index in [0.717, 1.165) is 6.07 Å². The lowest BCUT2D eigenvalue weighted by molar-refractivity contribution is -0.385. The van der Waals surface area contributed by atoms with Gasteiger partial charge in [0.05, 0.1) is 16.2 Å². The van der Waals surface area contributed by atoms with E-state index in [1.165, 1.54) is 33.9 Å². The number of benzene rings is 1. The van der Waals surface area contributed by atoms with Crippen molar-refractivity contribution in [3.8, 4) is 0 Å². The number of nitro benzene ring substituents is 1. The summed E-state index contributed by atoms with van der Waals surface area (Å²) >= 11 is 1.23. The van der Waals surface area contributed by atoms with Crippen LogP contribution in [0.15, 0.2) is 40.6 Å². The van der Waals surface area contributed by atoms with Crippen molar-refractivity contribution in [3.05, 3.63) is 73.1 Å². The van der Waals surface area contributed by atoms with Gasteiger partial charge < -0.3 is 4.74 Å². The monoisotopic (exact) mass is 414 g/mol. The average Bonchev–Trinajstić information content (AvgIpc) is 3.26. The molecule has 3 heterocycles. The standard InChI is InChI=1S/C17H10N4O7S/c22-12-6-9(18-17-19(12)4-5-29-17)8-28-13(23)7-20-15(24)10-2-1-3-11(21(26)27)14(10)16(20)25/h1-6H,7-8H2. The van der Waals surface area contributed by atoms with Crippen molar-refractivity contribution >= 4 is 39.8 Å². The fraction of sp³-hybridized carbons (Fsp3) is 0.118. The molecule has 0 saturated carbocycles. The number of hydrogen-bond acceptors (Lipinski definition) is 9. The quantitative estimate of drug-likeness (QED) is 0.261. The number of thiazole rings is 1. The van der Waals surface area contributed by atoms with Crippen LogP contribution in [0.25, 0.3) is 4.96 Å². The zero-order chi connectivity index (χ0) is 20.7.